The maximum absolute atomic E-state index is 13.4. The maximum Gasteiger partial charge on any atom is 0.252 e. The van der Waals surface area contributed by atoms with Gasteiger partial charge in [0.25, 0.3) is 5.91 Å². The Morgan fingerprint density at radius 3 is 2.45 bits per heavy atom. The van der Waals surface area contributed by atoms with Crippen LogP contribution in [0.2, 0.25) is 0 Å². The average Bonchev–Trinajstić information content (AvgIpc) is 2.49. The Balaban J connectivity index is 1.99. The number of nitrogens with one attached hydrogen (secondary N) is 2. The van der Waals surface area contributed by atoms with Gasteiger partial charge in [-0.1, -0.05) is 18.2 Å². The standard InChI is InChI=1S/C16H14F2N2O2/c1-10(15(21)20-14-8-3-2-7-13(14)18)19-16(22)11-5-4-6-12(17)9-11/h2-10H,1H3,(H,19,22)(H,20,21)/t10-/m0/s1. The zero-order valence-electron chi connectivity index (χ0n) is 11.8. The molecule has 114 valence electrons. The molecule has 0 bridgehead atoms. The summed E-state index contributed by atoms with van der Waals surface area (Å²) in [4.78, 5) is 23.8. The number of benzene rings is 2. The number of hydrogen-bond acceptors (Lipinski definition) is 2. The summed E-state index contributed by atoms with van der Waals surface area (Å²) in [7, 11) is 0. The summed E-state index contributed by atoms with van der Waals surface area (Å²) in [5.41, 5.74) is 0.130. The first kappa shape index (κ1) is 15.6. The third-order valence-electron chi connectivity index (χ3n) is 2.96. The van der Waals surface area contributed by atoms with Crippen molar-refractivity contribution in [2.45, 2.75) is 13.0 Å². The van der Waals surface area contributed by atoms with Crippen molar-refractivity contribution >= 4 is 17.5 Å². The molecule has 0 saturated carbocycles. The van der Waals surface area contributed by atoms with Crippen molar-refractivity contribution in [3.05, 3.63) is 65.7 Å². The first-order valence-electron chi connectivity index (χ1n) is 6.59. The van der Waals surface area contributed by atoms with Gasteiger partial charge in [0.2, 0.25) is 5.91 Å². The van der Waals surface area contributed by atoms with Crippen LogP contribution in [0.4, 0.5) is 14.5 Å². The van der Waals surface area contributed by atoms with E-state index in [1.54, 1.807) is 6.07 Å². The number of hydrogen-bond donors (Lipinski definition) is 2. The summed E-state index contributed by atoms with van der Waals surface area (Å²) >= 11 is 0. The Labute approximate surface area is 126 Å². The Bertz CT molecular complexity index is 704. The number of para-hydroxylation sites is 1. The minimum Gasteiger partial charge on any atom is -0.341 e. The van der Waals surface area contributed by atoms with E-state index in [0.29, 0.717) is 0 Å². The van der Waals surface area contributed by atoms with Crippen LogP contribution in [0.1, 0.15) is 17.3 Å². The summed E-state index contributed by atoms with van der Waals surface area (Å²) in [6.07, 6.45) is 0. The van der Waals surface area contributed by atoms with Gasteiger partial charge in [-0.25, -0.2) is 8.78 Å². The average molecular weight is 304 g/mol. The smallest absolute Gasteiger partial charge is 0.252 e. The van der Waals surface area contributed by atoms with Gasteiger partial charge < -0.3 is 10.6 Å². The molecule has 0 heterocycles. The molecule has 2 aromatic rings. The SMILES string of the molecule is C[C@H](NC(=O)c1cccc(F)c1)C(=O)Nc1ccccc1F. The molecule has 22 heavy (non-hydrogen) atoms. The molecular formula is C16H14F2N2O2. The number of carbonyl (C=O) groups excluding carboxylic acids is 2. The molecular weight excluding hydrogens is 290 g/mol. The van der Waals surface area contributed by atoms with E-state index in [1.807, 2.05) is 0 Å². The minimum atomic E-state index is -0.907. The Hall–Kier alpha value is -2.76. The highest BCUT2D eigenvalue weighted by Gasteiger charge is 2.18. The predicted molar refractivity (Wildman–Crippen MR) is 78.4 cm³/mol. The van der Waals surface area contributed by atoms with Gasteiger partial charge in [-0.15, -0.1) is 0 Å². The molecule has 0 spiro atoms. The van der Waals surface area contributed by atoms with E-state index in [1.165, 1.54) is 43.3 Å². The summed E-state index contributed by atoms with van der Waals surface area (Å²) in [5, 5.41) is 4.80. The van der Waals surface area contributed by atoms with E-state index >= 15 is 0 Å². The quantitative estimate of drug-likeness (QED) is 0.912. The summed E-state index contributed by atoms with van der Waals surface area (Å²) in [6, 6.07) is 9.90. The van der Waals surface area contributed by atoms with Crippen molar-refractivity contribution in [1.29, 1.82) is 0 Å². The fourth-order valence-electron chi connectivity index (χ4n) is 1.78. The zero-order valence-corrected chi connectivity index (χ0v) is 11.8. The zero-order chi connectivity index (χ0) is 16.1. The molecule has 1 atom stereocenters. The molecule has 2 rings (SSSR count). The Kier molecular flexibility index (Phi) is 4.83. The second-order valence-electron chi connectivity index (χ2n) is 4.67. The highest BCUT2D eigenvalue weighted by Crippen LogP contribution is 2.12. The van der Waals surface area contributed by atoms with Crippen LogP contribution >= 0.6 is 0 Å². The van der Waals surface area contributed by atoms with Crippen molar-refractivity contribution in [3.8, 4) is 0 Å². The molecule has 0 aliphatic rings. The van der Waals surface area contributed by atoms with Crippen molar-refractivity contribution in [3.63, 3.8) is 0 Å². The van der Waals surface area contributed by atoms with Crippen LogP contribution in [0.15, 0.2) is 48.5 Å². The molecule has 4 nitrogen and oxygen atoms in total. The third-order valence-corrected chi connectivity index (χ3v) is 2.96. The van der Waals surface area contributed by atoms with E-state index in [4.69, 9.17) is 0 Å². The van der Waals surface area contributed by atoms with E-state index in [9.17, 15) is 18.4 Å². The van der Waals surface area contributed by atoms with Gasteiger partial charge in [-0.05, 0) is 37.3 Å². The van der Waals surface area contributed by atoms with Crippen LogP contribution in [0.5, 0.6) is 0 Å². The number of amides is 2. The summed E-state index contributed by atoms with van der Waals surface area (Å²) in [5.74, 6) is -2.28. The summed E-state index contributed by atoms with van der Waals surface area (Å²) in [6.45, 7) is 1.45. The van der Waals surface area contributed by atoms with Gasteiger partial charge in [-0.3, -0.25) is 9.59 Å². The van der Waals surface area contributed by atoms with E-state index in [0.717, 1.165) is 6.07 Å². The second kappa shape index (κ2) is 6.80. The monoisotopic (exact) mass is 304 g/mol. The Morgan fingerprint density at radius 1 is 1.05 bits per heavy atom. The number of rotatable bonds is 4. The second-order valence-corrected chi connectivity index (χ2v) is 4.67. The minimum absolute atomic E-state index is 0.0272. The molecule has 0 saturated heterocycles. The van der Waals surface area contributed by atoms with Gasteiger partial charge in [0, 0.05) is 5.56 Å². The lowest BCUT2D eigenvalue weighted by molar-refractivity contribution is -0.117. The molecule has 0 aliphatic carbocycles. The fraction of sp³-hybridized carbons (Fsp3) is 0.125. The van der Waals surface area contributed by atoms with Crippen LogP contribution in [-0.4, -0.2) is 17.9 Å². The first-order valence-corrected chi connectivity index (χ1v) is 6.59. The van der Waals surface area contributed by atoms with Crippen LogP contribution in [0, 0.1) is 11.6 Å². The third kappa shape index (κ3) is 3.88. The molecule has 6 heteroatoms. The Morgan fingerprint density at radius 2 is 1.77 bits per heavy atom. The van der Waals surface area contributed by atoms with Crippen LogP contribution in [0.3, 0.4) is 0 Å². The van der Waals surface area contributed by atoms with E-state index in [-0.39, 0.29) is 11.3 Å². The van der Waals surface area contributed by atoms with Gasteiger partial charge in [0.05, 0.1) is 5.69 Å². The van der Waals surface area contributed by atoms with Gasteiger partial charge in [-0.2, -0.15) is 0 Å². The predicted octanol–water partition coefficient (Wildman–Crippen LogP) is 2.72. The van der Waals surface area contributed by atoms with Crippen molar-refractivity contribution in [1.82, 2.24) is 5.32 Å². The highest BCUT2D eigenvalue weighted by atomic mass is 19.1. The van der Waals surface area contributed by atoms with Gasteiger partial charge in [0.1, 0.15) is 17.7 Å². The van der Waals surface area contributed by atoms with Crippen molar-refractivity contribution in [2.75, 3.05) is 5.32 Å². The molecule has 0 unspecified atom stereocenters. The van der Waals surface area contributed by atoms with E-state index in [2.05, 4.69) is 10.6 Å². The lowest BCUT2D eigenvalue weighted by atomic mass is 10.2. The molecule has 0 aliphatic heterocycles. The molecule has 2 aromatic carbocycles. The molecule has 0 aromatic heterocycles. The number of carbonyl (C=O) groups is 2. The fourth-order valence-corrected chi connectivity index (χ4v) is 1.78. The van der Waals surface area contributed by atoms with Crippen molar-refractivity contribution < 1.29 is 18.4 Å². The maximum atomic E-state index is 13.4. The first-order chi connectivity index (χ1) is 10.5. The largest absolute Gasteiger partial charge is 0.341 e. The van der Waals surface area contributed by atoms with Crippen LogP contribution < -0.4 is 10.6 Å². The lowest BCUT2D eigenvalue weighted by Crippen LogP contribution is -2.41. The molecule has 2 amide bonds. The normalized spacial score (nSPS) is 11.6. The number of halogens is 2. The molecule has 0 fully saturated rings. The topological polar surface area (TPSA) is 58.2 Å². The van der Waals surface area contributed by atoms with Crippen LogP contribution in [0.25, 0.3) is 0 Å². The molecule has 2 N–H and O–H groups in total. The van der Waals surface area contributed by atoms with E-state index < -0.39 is 29.5 Å². The van der Waals surface area contributed by atoms with Crippen LogP contribution in [-0.2, 0) is 4.79 Å². The lowest BCUT2D eigenvalue weighted by Gasteiger charge is -2.14. The van der Waals surface area contributed by atoms with Crippen molar-refractivity contribution in [2.24, 2.45) is 0 Å². The number of anilines is 1. The molecule has 0 radical (unpaired) electrons. The summed E-state index contributed by atoms with van der Waals surface area (Å²) < 4.78 is 26.5. The van der Waals surface area contributed by atoms with Gasteiger partial charge in [0.15, 0.2) is 0 Å². The van der Waals surface area contributed by atoms with Gasteiger partial charge >= 0.3 is 0 Å². The highest BCUT2D eigenvalue weighted by molar-refractivity contribution is 6.00.